The second-order valence-corrected chi connectivity index (χ2v) is 11.2. The van der Waals surface area contributed by atoms with Crippen LogP contribution >= 0.6 is 11.3 Å². The molecule has 39 heavy (non-hydrogen) atoms. The number of piperidine rings is 1. The number of hydrogen-bond acceptors (Lipinski definition) is 9. The molecule has 4 rings (SSSR count). The first-order valence-electron chi connectivity index (χ1n) is 12.4. The summed E-state index contributed by atoms with van der Waals surface area (Å²) in [6, 6.07) is 3.41. The summed E-state index contributed by atoms with van der Waals surface area (Å²) in [4.78, 5) is 48.2. The molecule has 1 aliphatic heterocycles. The van der Waals surface area contributed by atoms with E-state index in [0.717, 1.165) is 18.4 Å². The first kappa shape index (κ1) is 28.0. The van der Waals surface area contributed by atoms with Crippen molar-refractivity contribution in [1.29, 1.82) is 0 Å². The zero-order valence-corrected chi connectivity index (χ0v) is 23.1. The number of amides is 3. The van der Waals surface area contributed by atoms with Crippen LogP contribution in [0.3, 0.4) is 0 Å². The molecule has 0 spiro atoms. The Bertz CT molecular complexity index is 1370. The molecule has 3 amide bonds. The lowest BCUT2D eigenvalue weighted by Crippen LogP contribution is -2.47. The number of fused-ring (bicyclic) bond motifs is 1. The molecule has 1 aliphatic rings. The van der Waals surface area contributed by atoms with Gasteiger partial charge in [0.25, 0.3) is 5.91 Å². The summed E-state index contributed by atoms with van der Waals surface area (Å²) < 4.78 is 11.3. The Labute approximate surface area is 229 Å². The van der Waals surface area contributed by atoms with E-state index in [1.807, 2.05) is 11.0 Å². The van der Waals surface area contributed by atoms with Crippen molar-refractivity contribution < 1.29 is 29.0 Å². The molecule has 3 aromatic rings. The fraction of sp³-hybridized carbons (Fsp3) is 0.423. The van der Waals surface area contributed by atoms with Gasteiger partial charge in [0.05, 0.1) is 34.4 Å². The molecule has 0 aromatic carbocycles. The minimum absolute atomic E-state index is 0.198. The van der Waals surface area contributed by atoms with Gasteiger partial charge in [0.15, 0.2) is 0 Å². The number of carboxylic acid groups (broad SMARTS) is 1. The summed E-state index contributed by atoms with van der Waals surface area (Å²) >= 11 is 1.21. The standard InChI is InChI=1S/C26H32N6O6S/c1-26(2,3)38-25(36)31-23-20(21-19(39-23)10-15(11-28-21)14-37-4)22(33)30-17-12-27-8-7-18(17)32-9-5-6-16(13-32)29-24(34)35/h7-8,10-12,16,29H,5-6,9,13-14H2,1-4H3,(H,30,33)(H,31,36)(H,34,35)/t16-/m0/s1. The number of methoxy groups -OCH3 is 1. The molecule has 208 valence electrons. The van der Waals surface area contributed by atoms with Gasteiger partial charge in [-0.15, -0.1) is 11.3 Å². The van der Waals surface area contributed by atoms with E-state index >= 15 is 0 Å². The predicted octanol–water partition coefficient (Wildman–Crippen LogP) is 4.67. The van der Waals surface area contributed by atoms with Crippen molar-refractivity contribution in [2.45, 2.75) is 51.9 Å². The van der Waals surface area contributed by atoms with Crippen LogP contribution in [0.5, 0.6) is 0 Å². The average Bonchev–Trinajstić information content (AvgIpc) is 3.20. The predicted molar refractivity (Wildman–Crippen MR) is 149 cm³/mol. The van der Waals surface area contributed by atoms with Gasteiger partial charge in [0.2, 0.25) is 0 Å². The van der Waals surface area contributed by atoms with Gasteiger partial charge >= 0.3 is 12.2 Å². The van der Waals surface area contributed by atoms with E-state index in [-0.39, 0.29) is 11.6 Å². The van der Waals surface area contributed by atoms with Crippen LogP contribution in [0.1, 0.15) is 49.5 Å². The van der Waals surface area contributed by atoms with Gasteiger partial charge in [-0.2, -0.15) is 0 Å². The lowest BCUT2D eigenvalue weighted by molar-refractivity contribution is 0.0636. The highest BCUT2D eigenvalue weighted by Crippen LogP contribution is 2.37. The average molecular weight is 557 g/mol. The summed E-state index contributed by atoms with van der Waals surface area (Å²) in [6.45, 7) is 6.77. The summed E-state index contributed by atoms with van der Waals surface area (Å²) in [6.07, 6.45) is 4.55. The van der Waals surface area contributed by atoms with E-state index in [1.165, 1.54) is 11.3 Å². The highest BCUT2D eigenvalue weighted by Gasteiger charge is 2.27. The molecule has 1 fully saturated rings. The molecule has 12 nitrogen and oxygen atoms in total. The number of ether oxygens (including phenoxy) is 2. The van der Waals surface area contributed by atoms with Crippen LogP contribution in [0, 0.1) is 0 Å². The zero-order valence-electron chi connectivity index (χ0n) is 22.2. The number of thiophene rings is 1. The number of pyridine rings is 2. The number of rotatable bonds is 7. The Balaban J connectivity index is 1.65. The first-order valence-corrected chi connectivity index (χ1v) is 13.3. The summed E-state index contributed by atoms with van der Waals surface area (Å²) in [7, 11) is 1.58. The topological polar surface area (TPSA) is 155 Å². The molecule has 3 aromatic heterocycles. The van der Waals surface area contributed by atoms with Gasteiger partial charge in [-0.1, -0.05) is 0 Å². The van der Waals surface area contributed by atoms with Gasteiger partial charge < -0.3 is 30.1 Å². The second-order valence-electron chi connectivity index (χ2n) is 10.1. The Morgan fingerprint density at radius 3 is 2.74 bits per heavy atom. The smallest absolute Gasteiger partial charge is 0.412 e. The molecule has 13 heteroatoms. The number of carbonyl (C=O) groups excluding carboxylic acids is 2. The van der Waals surface area contributed by atoms with Crippen LogP contribution in [0.15, 0.2) is 30.7 Å². The third-order valence-corrected chi connectivity index (χ3v) is 6.92. The molecular formula is C26H32N6O6S. The fourth-order valence-corrected chi connectivity index (χ4v) is 5.50. The Morgan fingerprint density at radius 2 is 2.03 bits per heavy atom. The van der Waals surface area contributed by atoms with Crippen molar-refractivity contribution >= 4 is 56.0 Å². The van der Waals surface area contributed by atoms with E-state index in [1.54, 1.807) is 52.5 Å². The van der Waals surface area contributed by atoms with Crippen LogP contribution < -0.4 is 20.9 Å². The first-order chi connectivity index (χ1) is 18.5. The largest absolute Gasteiger partial charge is 0.465 e. The normalized spacial score (nSPS) is 15.6. The number of nitrogens with one attached hydrogen (secondary N) is 3. The molecule has 0 aliphatic carbocycles. The van der Waals surface area contributed by atoms with Gasteiger partial charge in [-0.25, -0.2) is 9.59 Å². The highest BCUT2D eigenvalue weighted by molar-refractivity contribution is 7.23. The Kier molecular flexibility index (Phi) is 8.51. The molecule has 0 bridgehead atoms. The van der Waals surface area contributed by atoms with Crippen molar-refractivity contribution in [3.8, 4) is 0 Å². The van der Waals surface area contributed by atoms with Gasteiger partial charge in [-0.05, 0) is 51.3 Å². The maximum atomic E-state index is 13.7. The SMILES string of the molecule is COCc1cnc2c(C(=O)Nc3cnccc3N3CCC[C@H](NC(=O)O)C3)c(NC(=O)OC(C)(C)C)sc2c1. The molecule has 0 radical (unpaired) electrons. The van der Waals surface area contributed by atoms with E-state index in [4.69, 9.17) is 14.6 Å². The van der Waals surface area contributed by atoms with Crippen molar-refractivity contribution in [1.82, 2.24) is 15.3 Å². The molecule has 0 saturated carbocycles. The van der Waals surface area contributed by atoms with E-state index in [0.29, 0.717) is 46.3 Å². The van der Waals surface area contributed by atoms with E-state index < -0.39 is 23.7 Å². The van der Waals surface area contributed by atoms with Gasteiger partial charge in [-0.3, -0.25) is 20.1 Å². The summed E-state index contributed by atoms with van der Waals surface area (Å²) in [5.74, 6) is -0.481. The minimum Gasteiger partial charge on any atom is -0.465 e. The maximum absolute atomic E-state index is 13.7. The van der Waals surface area contributed by atoms with Gasteiger partial charge in [0.1, 0.15) is 16.2 Å². The van der Waals surface area contributed by atoms with Crippen LogP contribution in [0.4, 0.5) is 26.0 Å². The summed E-state index contributed by atoms with van der Waals surface area (Å²) in [5.41, 5.74) is 1.90. The van der Waals surface area contributed by atoms with E-state index in [2.05, 4.69) is 25.9 Å². The van der Waals surface area contributed by atoms with Crippen molar-refractivity contribution in [3.63, 3.8) is 0 Å². The third-order valence-electron chi connectivity index (χ3n) is 5.87. The lowest BCUT2D eigenvalue weighted by atomic mass is 10.0. The molecule has 1 saturated heterocycles. The number of hydrogen-bond donors (Lipinski definition) is 4. The highest BCUT2D eigenvalue weighted by atomic mass is 32.1. The van der Waals surface area contributed by atoms with E-state index in [9.17, 15) is 14.4 Å². The molecule has 4 heterocycles. The van der Waals surface area contributed by atoms with Crippen molar-refractivity contribution in [3.05, 3.63) is 41.9 Å². The van der Waals surface area contributed by atoms with Crippen LogP contribution in [0.25, 0.3) is 10.2 Å². The number of anilines is 3. The Morgan fingerprint density at radius 1 is 1.23 bits per heavy atom. The van der Waals surface area contributed by atoms with Crippen molar-refractivity contribution in [2.75, 3.05) is 35.7 Å². The van der Waals surface area contributed by atoms with Crippen molar-refractivity contribution in [2.24, 2.45) is 0 Å². The third kappa shape index (κ3) is 7.12. The number of nitrogens with zero attached hydrogens (tertiary/aromatic N) is 3. The quantitative estimate of drug-likeness (QED) is 0.325. The van der Waals surface area contributed by atoms with Crippen LogP contribution in [-0.2, 0) is 16.1 Å². The van der Waals surface area contributed by atoms with Crippen LogP contribution in [0.2, 0.25) is 0 Å². The second kappa shape index (κ2) is 11.8. The maximum Gasteiger partial charge on any atom is 0.412 e. The molecule has 4 N–H and O–H groups in total. The molecule has 0 unspecified atom stereocenters. The van der Waals surface area contributed by atoms with Gasteiger partial charge in [0, 0.05) is 38.6 Å². The number of aromatic nitrogens is 2. The molecule has 1 atom stereocenters. The molecular weight excluding hydrogens is 524 g/mol. The fourth-order valence-electron chi connectivity index (χ4n) is 4.39. The Hall–Kier alpha value is -3.97. The zero-order chi connectivity index (χ0) is 28.2. The summed E-state index contributed by atoms with van der Waals surface area (Å²) in [5, 5.41) is 17.6. The minimum atomic E-state index is -1.07. The number of carbonyl (C=O) groups is 3. The van der Waals surface area contributed by atoms with Crippen LogP contribution in [-0.4, -0.2) is 65.0 Å². The lowest BCUT2D eigenvalue weighted by Gasteiger charge is -2.35. The monoisotopic (exact) mass is 556 g/mol.